The van der Waals surface area contributed by atoms with Gasteiger partial charge in [-0.2, -0.15) is 4.39 Å². The number of carboxylic acid groups (broad SMARTS) is 1. The fourth-order valence-electron chi connectivity index (χ4n) is 1.23. The topological polar surface area (TPSA) is 119 Å². The molecule has 0 aliphatic carbocycles. The highest BCUT2D eigenvalue weighted by molar-refractivity contribution is 5.78. The van der Waals surface area contributed by atoms with Crippen LogP contribution in [-0.2, 0) is 9.59 Å². The summed E-state index contributed by atoms with van der Waals surface area (Å²) >= 11 is 0. The summed E-state index contributed by atoms with van der Waals surface area (Å²) in [6.45, 7) is -0.497. The lowest BCUT2D eigenvalue weighted by Gasteiger charge is -2.06. The second-order valence-electron chi connectivity index (χ2n) is 3.65. The van der Waals surface area contributed by atoms with Crippen molar-refractivity contribution in [3.8, 4) is 5.75 Å². The van der Waals surface area contributed by atoms with Crippen LogP contribution in [0.3, 0.4) is 0 Å². The van der Waals surface area contributed by atoms with Crippen molar-refractivity contribution in [1.29, 1.82) is 0 Å². The average Bonchev–Trinajstić information content (AvgIpc) is 2.35. The van der Waals surface area contributed by atoms with Gasteiger partial charge in [-0.1, -0.05) is 0 Å². The highest BCUT2D eigenvalue weighted by Gasteiger charge is 2.14. The van der Waals surface area contributed by atoms with Gasteiger partial charge in [0.2, 0.25) is 5.82 Å². The van der Waals surface area contributed by atoms with Gasteiger partial charge in [0.1, 0.15) is 5.75 Å². The average molecular weight is 286 g/mol. The number of nitro benzene ring substituents is 1. The van der Waals surface area contributed by atoms with Crippen molar-refractivity contribution in [2.45, 2.75) is 6.42 Å². The number of nitro groups is 1. The van der Waals surface area contributed by atoms with Crippen molar-refractivity contribution in [1.82, 2.24) is 5.32 Å². The molecule has 0 radical (unpaired) electrons. The van der Waals surface area contributed by atoms with Gasteiger partial charge in [0.25, 0.3) is 5.91 Å². The molecule has 0 saturated heterocycles. The van der Waals surface area contributed by atoms with E-state index in [1.807, 2.05) is 0 Å². The maximum atomic E-state index is 13.2. The molecular formula is C11H11FN2O6. The van der Waals surface area contributed by atoms with Crippen LogP contribution >= 0.6 is 0 Å². The Labute approximate surface area is 112 Å². The van der Waals surface area contributed by atoms with Crippen molar-refractivity contribution >= 4 is 17.6 Å². The van der Waals surface area contributed by atoms with Gasteiger partial charge < -0.3 is 15.2 Å². The Kier molecular flexibility index (Phi) is 5.39. The lowest BCUT2D eigenvalue weighted by atomic mass is 10.3. The summed E-state index contributed by atoms with van der Waals surface area (Å²) in [5, 5.41) is 21.0. The van der Waals surface area contributed by atoms with Crippen LogP contribution in [-0.4, -0.2) is 35.1 Å². The molecule has 8 nitrogen and oxygen atoms in total. The van der Waals surface area contributed by atoms with Gasteiger partial charge in [0.05, 0.1) is 11.3 Å². The Morgan fingerprint density at radius 2 is 2.15 bits per heavy atom. The number of aliphatic carboxylic acids is 1. The first kappa shape index (κ1) is 15.3. The van der Waals surface area contributed by atoms with E-state index < -0.39 is 34.9 Å². The Hall–Kier alpha value is -2.71. The molecule has 0 unspecified atom stereocenters. The molecule has 1 aromatic carbocycles. The Morgan fingerprint density at radius 3 is 2.70 bits per heavy atom. The Balaban J connectivity index is 2.45. The van der Waals surface area contributed by atoms with E-state index in [0.717, 1.165) is 18.2 Å². The predicted molar refractivity (Wildman–Crippen MR) is 63.8 cm³/mol. The van der Waals surface area contributed by atoms with Gasteiger partial charge in [-0.25, -0.2) is 0 Å². The molecule has 0 spiro atoms. The number of carboxylic acids is 1. The van der Waals surface area contributed by atoms with Crippen LogP contribution in [0.15, 0.2) is 18.2 Å². The third-order valence-electron chi connectivity index (χ3n) is 2.15. The molecule has 1 amide bonds. The number of benzene rings is 1. The van der Waals surface area contributed by atoms with E-state index in [0.29, 0.717) is 0 Å². The van der Waals surface area contributed by atoms with Crippen LogP contribution in [0.25, 0.3) is 0 Å². The predicted octanol–water partition coefficient (Wildman–Crippen LogP) is 0.704. The summed E-state index contributed by atoms with van der Waals surface area (Å²) < 4.78 is 18.1. The van der Waals surface area contributed by atoms with Crippen LogP contribution in [0.2, 0.25) is 0 Å². The van der Waals surface area contributed by atoms with Crippen molar-refractivity contribution in [2.24, 2.45) is 0 Å². The normalized spacial score (nSPS) is 9.85. The summed E-state index contributed by atoms with van der Waals surface area (Å²) in [7, 11) is 0. The van der Waals surface area contributed by atoms with E-state index >= 15 is 0 Å². The zero-order valence-electron chi connectivity index (χ0n) is 10.2. The minimum atomic E-state index is -1.07. The third-order valence-corrected chi connectivity index (χ3v) is 2.15. The Morgan fingerprint density at radius 1 is 1.45 bits per heavy atom. The van der Waals surface area contributed by atoms with Gasteiger partial charge in [0, 0.05) is 18.7 Å². The molecule has 108 valence electrons. The fraction of sp³-hybridized carbons (Fsp3) is 0.273. The van der Waals surface area contributed by atoms with Crippen molar-refractivity contribution in [3.63, 3.8) is 0 Å². The summed E-state index contributed by atoms with van der Waals surface area (Å²) in [5.41, 5.74) is -0.691. The summed E-state index contributed by atoms with van der Waals surface area (Å²) in [6.07, 6.45) is -0.224. The molecule has 9 heteroatoms. The van der Waals surface area contributed by atoms with Crippen LogP contribution < -0.4 is 10.1 Å². The van der Waals surface area contributed by atoms with Gasteiger partial charge in [-0.3, -0.25) is 19.7 Å². The van der Waals surface area contributed by atoms with Crippen LogP contribution in [0.5, 0.6) is 5.75 Å². The number of halogens is 1. The van der Waals surface area contributed by atoms with E-state index in [1.165, 1.54) is 0 Å². The molecule has 0 aliphatic rings. The highest BCUT2D eigenvalue weighted by Crippen LogP contribution is 2.22. The summed E-state index contributed by atoms with van der Waals surface area (Å²) in [4.78, 5) is 30.9. The Bertz CT molecular complexity index is 534. The maximum Gasteiger partial charge on any atom is 0.305 e. The molecule has 0 saturated carbocycles. The minimum absolute atomic E-state index is 0.0403. The van der Waals surface area contributed by atoms with E-state index in [1.54, 1.807) is 0 Å². The molecule has 0 aliphatic heterocycles. The molecule has 1 rings (SSSR count). The first-order chi connectivity index (χ1) is 9.40. The molecule has 0 fully saturated rings. The number of carbonyl (C=O) groups is 2. The second kappa shape index (κ2) is 7.02. The van der Waals surface area contributed by atoms with Gasteiger partial charge in [-0.15, -0.1) is 0 Å². The molecule has 1 aromatic rings. The number of hydrogen-bond donors (Lipinski definition) is 2. The molecular weight excluding hydrogens is 275 g/mol. The van der Waals surface area contributed by atoms with Gasteiger partial charge in [0.15, 0.2) is 6.61 Å². The van der Waals surface area contributed by atoms with Crippen LogP contribution in [0, 0.1) is 15.9 Å². The molecule has 0 atom stereocenters. The van der Waals surface area contributed by atoms with E-state index in [2.05, 4.69) is 5.32 Å². The lowest BCUT2D eigenvalue weighted by Crippen LogP contribution is -2.30. The van der Waals surface area contributed by atoms with Gasteiger partial charge in [-0.05, 0) is 6.07 Å². The maximum absolute atomic E-state index is 13.2. The molecule has 0 aromatic heterocycles. The van der Waals surface area contributed by atoms with E-state index in [4.69, 9.17) is 9.84 Å². The monoisotopic (exact) mass is 286 g/mol. The van der Waals surface area contributed by atoms with Gasteiger partial charge >= 0.3 is 11.7 Å². The molecule has 2 N–H and O–H groups in total. The molecule has 0 bridgehead atoms. The second-order valence-corrected chi connectivity index (χ2v) is 3.65. The number of nitrogens with zero attached hydrogens (tertiary/aromatic N) is 1. The standard InChI is InChI=1S/C11H11FN2O6/c12-8-5-7(1-2-9(8)14(18)19)20-6-10(15)13-4-3-11(16)17/h1-2,5H,3-4,6H2,(H,13,15)(H,16,17). The van der Waals surface area contributed by atoms with E-state index in [9.17, 15) is 24.1 Å². The van der Waals surface area contributed by atoms with Crippen molar-refractivity contribution in [2.75, 3.05) is 13.2 Å². The zero-order valence-corrected chi connectivity index (χ0v) is 10.2. The minimum Gasteiger partial charge on any atom is -0.484 e. The fourth-order valence-corrected chi connectivity index (χ4v) is 1.23. The number of rotatable bonds is 7. The summed E-state index contributed by atoms with van der Waals surface area (Å²) in [5.74, 6) is -2.74. The first-order valence-corrected chi connectivity index (χ1v) is 5.45. The zero-order chi connectivity index (χ0) is 15.1. The number of ether oxygens (including phenoxy) is 1. The SMILES string of the molecule is O=C(O)CCNC(=O)COc1ccc([N+](=O)[O-])c(F)c1. The summed E-state index contributed by atoms with van der Waals surface area (Å²) in [6, 6.07) is 2.88. The van der Waals surface area contributed by atoms with Crippen molar-refractivity contribution < 1.29 is 28.7 Å². The number of hydrogen-bond acceptors (Lipinski definition) is 5. The first-order valence-electron chi connectivity index (χ1n) is 5.45. The van der Waals surface area contributed by atoms with Crippen LogP contribution in [0.4, 0.5) is 10.1 Å². The molecule has 20 heavy (non-hydrogen) atoms. The number of carbonyl (C=O) groups excluding carboxylic acids is 1. The van der Waals surface area contributed by atoms with E-state index in [-0.39, 0.29) is 18.7 Å². The van der Waals surface area contributed by atoms with Crippen LogP contribution in [0.1, 0.15) is 6.42 Å². The highest BCUT2D eigenvalue weighted by atomic mass is 19.1. The third kappa shape index (κ3) is 4.88. The number of nitrogens with one attached hydrogen (secondary N) is 1. The molecule has 0 heterocycles. The smallest absolute Gasteiger partial charge is 0.305 e. The largest absolute Gasteiger partial charge is 0.484 e. The number of amides is 1. The van der Waals surface area contributed by atoms with Crippen molar-refractivity contribution in [3.05, 3.63) is 34.1 Å². The lowest BCUT2D eigenvalue weighted by molar-refractivity contribution is -0.387. The quantitative estimate of drug-likeness (QED) is 0.562.